The van der Waals surface area contributed by atoms with Crippen molar-refractivity contribution in [1.82, 2.24) is 19.8 Å². The van der Waals surface area contributed by atoms with Crippen molar-refractivity contribution in [3.05, 3.63) is 111 Å². The van der Waals surface area contributed by atoms with Gasteiger partial charge in [-0.05, 0) is 55.2 Å². The Morgan fingerprint density at radius 1 is 1.05 bits per heavy atom. The van der Waals surface area contributed by atoms with E-state index in [2.05, 4.69) is 5.32 Å². The molecule has 2 N–H and O–H groups in total. The van der Waals surface area contributed by atoms with Gasteiger partial charge >= 0.3 is 6.09 Å². The van der Waals surface area contributed by atoms with Crippen LogP contribution in [0.1, 0.15) is 53.6 Å². The van der Waals surface area contributed by atoms with Crippen LogP contribution in [0, 0.1) is 12.8 Å². The van der Waals surface area contributed by atoms with Crippen LogP contribution in [-0.4, -0.2) is 44.6 Å². The molecule has 0 aliphatic rings. The maximum absolute atomic E-state index is 14.0. The van der Waals surface area contributed by atoms with E-state index in [1.165, 1.54) is 0 Å². The van der Waals surface area contributed by atoms with Crippen LogP contribution in [0.2, 0.25) is 5.02 Å². The van der Waals surface area contributed by atoms with Crippen molar-refractivity contribution in [1.29, 1.82) is 0 Å². The van der Waals surface area contributed by atoms with Gasteiger partial charge in [0.2, 0.25) is 0 Å². The topological polar surface area (TPSA) is 105 Å². The SMILES string of the molecule is Cc1ccc(C(=O)N(CCCNC(=O)O)C(c2nc3cc(Cl)ccc3c(=O)n2Cc2ccccc2)C(C)C)cc1. The van der Waals surface area contributed by atoms with Crippen LogP contribution >= 0.6 is 11.6 Å². The Kier molecular flexibility index (Phi) is 9.22. The number of hydrogen-bond acceptors (Lipinski definition) is 4. The molecule has 0 radical (unpaired) electrons. The normalized spacial score (nSPS) is 11.9. The minimum atomic E-state index is -1.12. The Bertz CT molecular complexity index is 1550. The average Bonchev–Trinajstić information content (AvgIpc) is 2.92. The first-order chi connectivity index (χ1) is 19.2. The van der Waals surface area contributed by atoms with Crippen LogP contribution in [0.15, 0.2) is 77.6 Å². The third-order valence-electron chi connectivity index (χ3n) is 6.77. The first-order valence-corrected chi connectivity index (χ1v) is 13.6. The van der Waals surface area contributed by atoms with Crippen molar-refractivity contribution >= 4 is 34.5 Å². The van der Waals surface area contributed by atoms with Gasteiger partial charge in [-0.2, -0.15) is 0 Å². The van der Waals surface area contributed by atoms with Gasteiger partial charge < -0.3 is 15.3 Å². The van der Waals surface area contributed by atoms with Crippen LogP contribution < -0.4 is 10.9 Å². The monoisotopic (exact) mass is 560 g/mol. The van der Waals surface area contributed by atoms with E-state index in [1.54, 1.807) is 39.8 Å². The van der Waals surface area contributed by atoms with Crippen LogP contribution in [0.3, 0.4) is 0 Å². The van der Waals surface area contributed by atoms with Crippen LogP contribution in [0.5, 0.6) is 0 Å². The largest absolute Gasteiger partial charge is 0.465 e. The molecule has 4 rings (SSSR count). The Morgan fingerprint density at radius 3 is 2.40 bits per heavy atom. The Hall–Kier alpha value is -4.17. The Balaban J connectivity index is 1.89. The molecule has 3 aromatic carbocycles. The lowest BCUT2D eigenvalue weighted by atomic mass is 9.98. The van der Waals surface area contributed by atoms with Crippen molar-refractivity contribution in [2.45, 2.75) is 39.8 Å². The van der Waals surface area contributed by atoms with Crippen molar-refractivity contribution < 1.29 is 14.7 Å². The summed E-state index contributed by atoms with van der Waals surface area (Å²) in [6.07, 6.45) is -0.739. The number of aromatic nitrogens is 2. The quantitative estimate of drug-likeness (QED) is 0.235. The number of carbonyl (C=O) groups is 2. The fourth-order valence-electron chi connectivity index (χ4n) is 4.83. The zero-order chi connectivity index (χ0) is 28.8. The molecule has 0 spiro atoms. The molecule has 1 heterocycles. The van der Waals surface area contributed by atoms with Crippen LogP contribution in [0.4, 0.5) is 4.79 Å². The second-order valence-corrected chi connectivity index (χ2v) is 10.6. The number of carbonyl (C=O) groups excluding carboxylic acids is 1. The third-order valence-corrected chi connectivity index (χ3v) is 7.01. The number of halogens is 1. The number of hydrogen-bond donors (Lipinski definition) is 2. The van der Waals surface area contributed by atoms with Gasteiger partial charge in [-0.25, -0.2) is 9.78 Å². The first kappa shape index (κ1) is 28.8. The van der Waals surface area contributed by atoms with Gasteiger partial charge in [-0.1, -0.05) is 73.5 Å². The van der Waals surface area contributed by atoms with E-state index >= 15 is 0 Å². The lowest BCUT2D eigenvalue weighted by Gasteiger charge is -2.35. The maximum atomic E-state index is 14.0. The molecule has 4 aromatic rings. The van der Waals surface area contributed by atoms with Gasteiger partial charge in [0, 0.05) is 23.7 Å². The number of amides is 2. The molecule has 0 aliphatic heterocycles. The molecule has 208 valence electrons. The summed E-state index contributed by atoms with van der Waals surface area (Å²) in [5, 5.41) is 12.3. The number of nitrogens with zero attached hydrogens (tertiary/aromatic N) is 3. The maximum Gasteiger partial charge on any atom is 0.404 e. The summed E-state index contributed by atoms with van der Waals surface area (Å²) in [5.74, 6) is 0.0957. The fourth-order valence-corrected chi connectivity index (χ4v) is 4.99. The van der Waals surface area contributed by atoms with Gasteiger partial charge in [0.05, 0.1) is 23.5 Å². The van der Waals surface area contributed by atoms with E-state index in [4.69, 9.17) is 21.7 Å². The smallest absolute Gasteiger partial charge is 0.404 e. The summed E-state index contributed by atoms with van der Waals surface area (Å²) >= 11 is 6.28. The van der Waals surface area contributed by atoms with Crippen LogP contribution in [0.25, 0.3) is 10.9 Å². The van der Waals surface area contributed by atoms with E-state index in [9.17, 15) is 14.4 Å². The van der Waals surface area contributed by atoms with Gasteiger partial charge in [0.1, 0.15) is 5.82 Å². The minimum absolute atomic E-state index is 0.132. The molecule has 0 saturated carbocycles. The average molecular weight is 561 g/mol. The van der Waals surface area contributed by atoms with Crippen molar-refractivity contribution in [3.63, 3.8) is 0 Å². The molecule has 1 unspecified atom stereocenters. The molecule has 0 fully saturated rings. The molecule has 8 nitrogen and oxygen atoms in total. The lowest BCUT2D eigenvalue weighted by molar-refractivity contribution is 0.0601. The van der Waals surface area contributed by atoms with E-state index in [1.807, 2.05) is 63.2 Å². The molecule has 0 bridgehead atoms. The molecule has 1 aromatic heterocycles. The molecule has 9 heteroatoms. The molecule has 0 aliphatic carbocycles. The van der Waals surface area contributed by atoms with Crippen molar-refractivity contribution in [2.75, 3.05) is 13.1 Å². The second kappa shape index (κ2) is 12.8. The summed E-state index contributed by atoms with van der Waals surface area (Å²) in [7, 11) is 0. The summed E-state index contributed by atoms with van der Waals surface area (Å²) in [6, 6.07) is 21.4. The molecular formula is C31H33ClN4O4. The molecule has 0 saturated heterocycles. The fraction of sp³-hybridized carbons (Fsp3) is 0.290. The Morgan fingerprint density at radius 2 is 1.75 bits per heavy atom. The van der Waals surface area contributed by atoms with Gasteiger partial charge in [-0.3, -0.25) is 14.2 Å². The van der Waals surface area contributed by atoms with E-state index in [0.717, 1.165) is 11.1 Å². The summed E-state index contributed by atoms with van der Waals surface area (Å²) < 4.78 is 1.64. The molecule has 2 amide bonds. The number of nitrogens with one attached hydrogen (secondary N) is 1. The standard InChI is InChI=1S/C31H33ClN4O4/c1-20(2)27(35(17-7-16-33-31(39)40)29(37)23-12-10-21(3)11-13-23)28-34-26-18-24(32)14-15-25(26)30(38)36(28)19-22-8-5-4-6-9-22/h4-6,8-15,18,20,27,33H,7,16-17,19H2,1-3H3,(H,39,40). The first-order valence-electron chi connectivity index (χ1n) is 13.2. The predicted molar refractivity (Wildman–Crippen MR) is 157 cm³/mol. The van der Waals surface area contributed by atoms with Gasteiger partial charge in [0.25, 0.3) is 11.5 Å². The van der Waals surface area contributed by atoms with Gasteiger partial charge in [-0.15, -0.1) is 0 Å². The second-order valence-electron chi connectivity index (χ2n) is 10.1. The highest BCUT2D eigenvalue weighted by atomic mass is 35.5. The van der Waals surface area contributed by atoms with Crippen molar-refractivity contribution in [3.8, 4) is 0 Å². The highest BCUT2D eigenvalue weighted by Gasteiger charge is 2.32. The summed E-state index contributed by atoms with van der Waals surface area (Å²) in [5.41, 5.74) is 2.69. The highest BCUT2D eigenvalue weighted by molar-refractivity contribution is 6.31. The van der Waals surface area contributed by atoms with E-state index in [0.29, 0.717) is 33.7 Å². The number of fused-ring (bicyclic) bond motifs is 1. The minimum Gasteiger partial charge on any atom is -0.465 e. The zero-order valence-electron chi connectivity index (χ0n) is 22.8. The predicted octanol–water partition coefficient (Wildman–Crippen LogP) is 5.90. The highest BCUT2D eigenvalue weighted by Crippen LogP contribution is 2.31. The molecule has 40 heavy (non-hydrogen) atoms. The van der Waals surface area contributed by atoms with E-state index in [-0.39, 0.29) is 37.0 Å². The van der Waals surface area contributed by atoms with E-state index < -0.39 is 12.1 Å². The zero-order valence-corrected chi connectivity index (χ0v) is 23.6. The molecular weight excluding hydrogens is 528 g/mol. The number of aryl methyl sites for hydroxylation is 1. The summed E-state index contributed by atoms with van der Waals surface area (Å²) in [4.78, 5) is 45.7. The Labute approximate surface area is 238 Å². The third kappa shape index (κ3) is 6.69. The lowest BCUT2D eigenvalue weighted by Crippen LogP contribution is -2.42. The van der Waals surface area contributed by atoms with Crippen LogP contribution in [-0.2, 0) is 6.54 Å². The van der Waals surface area contributed by atoms with Gasteiger partial charge in [0.15, 0.2) is 0 Å². The van der Waals surface area contributed by atoms with Crippen molar-refractivity contribution in [2.24, 2.45) is 5.92 Å². The molecule has 1 atom stereocenters. The summed E-state index contributed by atoms with van der Waals surface area (Å²) in [6.45, 7) is 6.62. The number of carboxylic acid groups (broad SMARTS) is 1. The number of benzene rings is 3. The number of rotatable bonds is 10.